The smallest absolute Gasteiger partial charge is 0.282 e. The van der Waals surface area contributed by atoms with Gasteiger partial charge in [0.2, 0.25) is 0 Å². The van der Waals surface area contributed by atoms with E-state index in [4.69, 9.17) is 4.74 Å². The Labute approximate surface area is 144 Å². The molecule has 138 valence electrons. The summed E-state index contributed by atoms with van der Waals surface area (Å²) in [6, 6.07) is 2.70. The Bertz CT molecular complexity index is 745. The van der Waals surface area contributed by atoms with E-state index >= 15 is 0 Å². The first-order chi connectivity index (χ1) is 11.9. The van der Waals surface area contributed by atoms with Gasteiger partial charge in [0.15, 0.2) is 0 Å². The van der Waals surface area contributed by atoms with Crippen LogP contribution in [0, 0.1) is 11.6 Å². The minimum absolute atomic E-state index is 0.113. The van der Waals surface area contributed by atoms with Gasteiger partial charge < -0.3 is 9.64 Å². The van der Waals surface area contributed by atoms with Gasteiger partial charge in [-0.25, -0.2) is 8.78 Å². The monoisotopic (exact) mass is 375 g/mol. The molecule has 2 heterocycles. The molecule has 0 bridgehead atoms. The number of amides is 1. The third-order valence-corrected chi connectivity index (χ3v) is 6.34. The van der Waals surface area contributed by atoms with Gasteiger partial charge in [-0.05, 0) is 18.2 Å². The van der Waals surface area contributed by atoms with Crippen LogP contribution >= 0.6 is 0 Å². The Hall–Kier alpha value is -1.62. The first-order valence-corrected chi connectivity index (χ1v) is 9.36. The predicted octanol–water partition coefficient (Wildman–Crippen LogP) is 0.300. The van der Waals surface area contributed by atoms with Crippen LogP contribution in [0.1, 0.15) is 10.4 Å². The molecule has 1 aromatic carbocycles. The molecule has 0 aliphatic carbocycles. The number of nitrogens with zero attached hydrogens (tertiary/aromatic N) is 3. The second-order valence-corrected chi connectivity index (χ2v) is 7.76. The van der Waals surface area contributed by atoms with Gasteiger partial charge in [-0.3, -0.25) is 4.79 Å². The molecular formula is C15H19F2N3O4S. The summed E-state index contributed by atoms with van der Waals surface area (Å²) in [6.07, 6.45) is 0. The van der Waals surface area contributed by atoms with E-state index in [1.54, 1.807) is 0 Å². The van der Waals surface area contributed by atoms with Crippen molar-refractivity contribution < 1.29 is 26.7 Å². The van der Waals surface area contributed by atoms with Crippen LogP contribution in [-0.2, 0) is 14.9 Å². The molecule has 2 saturated heterocycles. The maximum absolute atomic E-state index is 13.7. The number of hydrogen-bond acceptors (Lipinski definition) is 4. The number of carbonyl (C=O) groups excluding carboxylic acids is 1. The maximum Gasteiger partial charge on any atom is 0.282 e. The highest BCUT2D eigenvalue weighted by Gasteiger charge is 2.34. The molecule has 2 aliphatic rings. The normalized spacial score (nSPS) is 20.6. The second kappa shape index (κ2) is 7.32. The Morgan fingerprint density at radius 2 is 1.56 bits per heavy atom. The predicted molar refractivity (Wildman–Crippen MR) is 85.1 cm³/mol. The van der Waals surface area contributed by atoms with Gasteiger partial charge in [-0.1, -0.05) is 0 Å². The second-order valence-electron chi connectivity index (χ2n) is 5.83. The average molecular weight is 375 g/mol. The lowest BCUT2D eigenvalue weighted by Gasteiger charge is -2.37. The van der Waals surface area contributed by atoms with Gasteiger partial charge in [0.25, 0.3) is 16.1 Å². The van der Waals surface area contributed by atoms with Crippen LogP contribution in [0.15, 0.2) is 18.2 Å². The fourth-order valence-corrected chi connectivity index (χ4v) is 4.46. The van der Waals surface area contributed by atoms with E-state index in [2.05, 4.69) is 0 Å². The Kier molecular flexibility index (Phi) is 5.32. The molecule has 0 atom stereocenters. The fraction of sp³-hybridized carbons (Fsp3) is 0.533. The Balaban J connectivity index is 1.65. The number of rotatable bonds is 3. The number of halogens is 2. The van der Waals surface area contributed by atoms with Crippen molar-refractivity contribution in [1.82, 2.24) is 13.5 Å². The van der Waals surface area contributed by atoms with E-state index in [9.17, 15) is 22.0 Å². The molecule has 2 fully saturated rings. The van der Waals surface area contributed by atoms with Gasteiger partial charge >= 0.3 is 0 Å². The third-order valence-electron chi connectivity index (χ3n) is 4.31. The number of benzene rings is 1. The van der Waals surface area contributed by atoms with Crippen molar-refractivity contribution in [3.05, 3.63) is 35.4 Å². The highest BCUT2D eigenvalue weighted by Crippen LogP contribution is 2.17. The van der Waals surface area contributed by atoms with Crippen molar-refractivity contribution in [2.45, 2.75) is 0 Å². The van der Waals surface area contributed by atoms with E-state index in [1.165, 1.54) is 13.5 Å². The molecule has 3 rings (SSSR count). The molecule has 0 radical (unpaired) electrons. The van der Waals surface area contributed by atoms with Crippen LogP contribution in [0.5, 0.6) is 0 Å². The van der Waals surface area contributed by atoms with Crippen LogP contribution in [-0.4, -0.2) is 80.3 Å². The van der Waals surface area contributed by atoms with Gasteiger partial charge in [0.1, 0.15) is 11.6 Å². The minimum atomic E-state index is -3.60. The molecule has 0 saturated carbocycles. The topological polar surface area (TPSA) is 70.2 Å². The zero-order valence-electron chi connectivity index (χ0n) is 13.5. The van der Waals surface area contributed by atoms with Crippen LogP contribution < -0.4 is 0 Å². The van der Waals surface area contributed by atoms with Gasteiger partial charge in [0, 0.05) is 39.3 Å². The third kappa shape index (κ3) is 3.81. The van der Waals surface area contributed by atoms with Crippen molar-refractivity contribution in [3.8, 4) is 0 Å². The van der Waals surface area contributed by atoms with Gasteiger partial charge in [-0.15, -0.1) is 0 Å². The highest BCUT2D eigenvalue weighted by molar-refractivity contribution is 7.86. The molecule has 10 heteroatoms. The van der Waals surface area contributed by atoms with Gasteiger partial charge in [-0.2, -0.15) is 17.0 Å². The molecule has 0 N–H and O–H groups in total. The first kappa shape index (κ1) is 18.2. The molecule has 7 nitrogen and oxygen atoms in total. The van der Waals surface area contributed by atoms with Crippen LogP contribution in [0.25, 0.3) is 0 Å². The largest absolute Gasteiger partial charge is 0.379 e. The lowest BCUT2D eigenvalue weighted by Crippen LogP contribution is -2.55. The highest BCUT2D eigenvalue weighted by atomic mass is 32.2. The fourth-order valence-electron chi connectivity index (χ4n) is 2.89. The molecule has 0 spiro atoms. The molecule has 1 amide bonds. The van der Waals surface area contributed by atoms with Crippen molar-refractivity contribution >= 4 is 16.1 Å². The summed E-state index contributed by atoms with van der Waals surface area (Å²) in [6.45, 7) is 1.79. The molecular weight excluding hydrogens is 356 g/mol. The number of ether oxygens (including phenoxy) is 1. The molecule has 25 heavy (non-hydrogen) atoms. The summed E-state index contributed by atoms with van der Waals surface area (Å²) < 4.78 is 60.0. The first-order valence-electron chi connectivity index (χ1n) is 7.97. The number of morpholine rings is 1. The summed E-state index contributed by atoms with van der Waals surface area (Å²) in [7, 11) is -3.60. The van der Waals surface area contributed by atoms with E-state index < -0.39 is 27.8 Å². The number of carbonyl (C=O) groups is 1. The van der Waals surface area contributed by atoms with Crippen molar-refractivity contribution in [2.75, 3.05) is 52.5 Å². The Morgan fingerprint density at radius 1 is 0.960 bits per heavy atom. The minimum Gasteiger partial charge on any atom is -0.379 e. The van der Waals surface area contributed by atoms with Crippen LogP contribution in [0.3, 0.4) is 0 Å². The molecule has 0 aromatic heterocycles. The maximum atomic E-state index is 13.7. The lowest BCUT2D eigenvalue weighted by molar-refractivity contribution is 0.0634. The zero-order valence-corrected chi connectivity index (χ0v) is 14.3. The Morgan fingerprint density at radius 3 is 2.20 bits per heavy atom. The summed E-state index contributed by atoms with van der Waals surface area (Å²) in [5.74, 6) is -2.13. The van der Waals surface area contributed by atoms with Gasteiger partial charge in [0.05, 0.1) is 18.8 Å². The van der Waals surface area contributed by atoms with Crippen molar-refractivity contribution in [1.29, 1.82) is 0 Å². The van der Waals surface area contributed by atoms with Crippen LogP contribution in [0.2, 0.25) is 0 Å². The van der Waals surface area contributed by atoms with Crippen molar-refractivity contribution in [3.63, 3.8) is 0 Å². The number of hydrogen-bond donors (Lipinski definition) is 0. The quantitative estimate of drug-likeness (QED) is 0.762. The van der Waals surface area contributed by atoms with E-state index in [-0.39, 0.29) is 31.7 Å². The van der Waals surface area contributed by atoms with Crippen molar-refractivity contribution in [2.24, 2.45) is 0 Å². The average Bonchev–Trinajstić information content (AvgIpc) is 2.64. The summed E-state index contributed by atoms with van der Waals surface area (Å²) >= 11 is 0. The molecule has 2 aliphatic heterocycles. The summed E-state index contributed by atoms with van der Waals surface area (Å²) in [5.41, 5.74) is -0.343. The summed E-state index contributed by atoms with van der Waals surface area (Å²) in [5, 5.41) is 0. The zero-order chi connectivity index (χ0) is 18.0. The van der Waals surface area contributed by atoms with E-state index in [1.807, 2.05) is 0 Å². The van der Waals surface area contributed by atoms with E-state index in [0.29, 0.717) is 26.3 Å². The lowest BCUT2D eigenvalue weighted by atomic mass is 10.1. The number of piperazine rings is 1. The van der Waals surface area contributed by atoms with Crippen LogP contribution in [0.4, 0.5) is 8.78 Å². The molecule has 0 unspecified atom stereocenters. The van der Waals surface area contributed by atoms with E-state index in [0.717, 1.165) is 18.2 Å². The molecule has 1 aromatic rings. The summed E-state index contributed by atoms with van der Waals surface area (Å²) in [4.78, 5) is 13.7. The SMILES string of the molecule is O=C(c1cc(F)ccc1F)N1CCN(S(=O)(=O)N2CCOCC2)CC1. The standard InChI is InChI=1S/C15H19F2N3O4S/c16-12-1-2-14(17)13(11-12)15(21)18-3-5-19(6-4-18)25(22,23)20-7-9-24-10-8-20/h1-2,11H,3-10H2.